The second-order valence-electron chi connectivity index (χ2n) is 5.95. The van der Waals surface area contributed by atoms with Gasteiger partial charge in [-0.2, -0.15) is 0 Å². The summed E-state index contributed by atoms with van der Waals surface area (Å²) >= 11 is 0. The average Bonchev–Trinajstić information content (AvgIpc) is 2.80. The van der Waals surface area contributed by atoms with Crippen molar-refractivity contribution in [3.8, 4) is 0 Å². The van der Waals surface area contributed by atoms with Gasteiger partial charge < -0.3 is 4.74 Å². The number of benzene rings is 1. The van der Waals surface area contributed by atoms with Gasteiger partial charge in [0, 0.05) is 23.1 Å². The molecule has 0 aromatic heterocycles. The van der Waals surface area contributed by atoms with E-state index in [-0.39, 0.29) is 23.7 Å². The van der Waals surface area contributed by atoms with Crippen molar-refractivity contribution in [1.29, 1.82) is 0 Å². The van der Waals surface area contributed by atoms with Gasteiger partial charge >= 0.3 is 5.97 Å². The molecule has 1 heterocycles. The molecule has 1 aromatic carbocycles. The van der Waals surface area contributed by atoms with Gasteiger partial charge in [-0.1, -0.05) is 20.8 Å². The zero-order valence-corrected chi connectivity index (χ0v) is 12.0. The van der Waals surface area contributed by atoms with Gasteiger partial charge in [0.15, 0.2) is 6.23 Å². The highest BCUT2D eigenvalue weighted by molar-refractivity contribution is 5.97. The van der Waals surface area contributed by atoms with E-state index in [1.54, 1.807) is 0 Å². The van der Waals surface area contributed by atoms with E-state index in [0.717, 1.165) is 0 Å². The third kappa shape index (κ3) is 3.01. The summed E-state index contributed by atoms with van der Waals surface area (Å²) in [7, 11) is 0. The summed E-state index contributed by atoms with van der Waals surface area (Å²) in [6, 6.07) is 5.28. The Bertz CT molecular complexity index is 588. The molecule has 7 nitrogen and oxygen atoms in total. The SMILES string of the molecule is CC(C)(C)C1OC(=O)CN1C(=O)c1ccc([N+](=O)[O-])cc1. The average molecular weight is 292 g/mol. The van der Waals surface area contributed by atoms with Crippen LogP contribution in [0.2, 0.25) is 0 Å². The first kappa shape index (κ1) is 15.0. The standard InChI is InChI=1S/C14H16N2O5/c1-14(2,3)13-15(8-11(17)21-13)12(18)9-4-6-10(7-5-9)16(19)20/h4-7,13H,8H2,1-3H3. The lowest BCUT2D eigenvalue weighted by Gasteiger charge is -2.32. The lowest BCUT2D eigenvalue weighted by molar-refractivity contribution is -0.384. The van der Waals surface area contributed by atoms with Crippen LogP contribution in [0.1, 0.15) is 31.1 Å². The van der Waals surface area contributed by atoms with Crippen molar-refractivity contribution in [2.45, 2.75) is 27.0 Å². The molecule has 2 rings (SSSR count). The van der Waals surface area contributed by atoms with Gasteiger partial charge in [-0.15, -0.1) is 0 Å². The molecule has 0 bridgehead atoms. The Kier molecular flexibility index (Phi) is 3.67. The summed E-state index contributed by atoms with van der Waals surface area (Å²) in [5.74, 6) is -0.833. The number of nitro groups is 1. The number of non-ortho nitro benzene ring substituents is 1. The van der Waals surface area contributed by atoms with Gasteiger partial charge in [-0.05, 0) is 12.1 Å². The summed E-state index contributed by atoms with van der Waals surface area (Å²) in [5, 5.41) is 10.6. The fraction of sp³-hybridized carbons (Fsp3) is 0.429. The monoisotopic (exact) mass is 292 g/mol. The molecule has 0 N–H and O–H groups in total. The zero-order valence-electron chi connectivity index (χ0n) is 12.0. The minimum atomic E-state index is -0.646. The molecule has 1 aliphatic heterocycles. The second kappa shape index (κ2) is 5.16. The molecular weight excluding hydrogens is 276 g/mol. The Morgan fingerprint density at radius 2 is 1.90 bits per heavy atom. The van der Waals surface area contributed by atoms with E-state index >= 15 is 0 Å². The lowest BCUT2D eigenvalue weighted by Crippen LogP contribution is -2.43. The second-order valence-corrected chi connectivity index (χ2v) is 5.95. The third-order valence-electron chi connectivity index (χ3n) is 3.15. The van der Waals surface area contributed by atoms with Crippen LogP contribution in [0.15, 0.2) is 24.3 Å². The predicted octanol–water partition coefficient (Wildman–Crippen LogP) is 1.97. The molecule has 0 aliphatic carbocycles. The maximum absolute atomic E-state index is 12.5. The number of nitrogens with zero attached hydrogens (tertiary/aromatic N) is 2. The maximum atomic E-state index is 12.5. The molecule has 7 heteroatoms. The minimum Gasteiger partial charge on any atom is -0.440 e. The fourth-order valence-corrected chi connectivity index (χ4v) is 2.16. The van der Waals surface area contributed by atoms with Crippen molar-refractivity contribution < 1.29 is 19.2 Å². The normalized spacial score (nSPS) is 18.5. The van der Waals surface area contributed by atoms with Gasteiger partial charge in [0.25, 0.3) is 11.6 Å². The van der Waals surface area contributed by atoms with Gasteiger partial charge in [0.2, 0.25) is 0 Å². The minimum absolute atomic E-state index is 0.0901. The number of carbonyl (C=O) groups is 2. The first-order valence-corrected chi connectivity index (χ1v) is 6.45. The largest absolute Gasteiger partial charge is 0.440 e. The maximum Gasteiger partial charge on any atom is 0.327 e. The number of hydrogen-bond donors (Lipinski definition) is 0. The van der Waals surface area contributed by atoms with E-state index in [2.05, 4.69) is 0 Å². The van der Waals surface area contributed by atoms with Gasteiger partial charge in [0.1, 0.15) is 6.54 Å². The molecule has 1 fully saturated rings. The number of esters is 1. The van der Waals surface area contributed by atoms with E-state index < -0.39 is 22.5 Å². The quantitative estimate of drug-likeness (QED) is 0.472. The number of amides is 1. The molecule has 1 saturated heterocycles. The van der Waals surface area contributed by atoms with Crippen molar-refractivity contribution in [2.75, 3.05) is 6.54 Å². The number of rotatable bonds is 2. The van der Waals surface area contributed by atoms with Crippen LogP contribution in [0.3, 0.4) is 0 Å². The van der Waals surface area contributed by atoms with Crippen molar-refractivity contribution >= 4 is 17.6 Å². The summed E-state index contributed by atoms with van der Waals surface area (Å²) in [6.07, 6.45) is -0.646. The van der Waals surface area contributed by atoms with E-state index in [9.17, 15) is 19.7 Å². The molecule has 21 heavy (non-hydrogen) atoms. The summed E-state index contributed by atoms with van der Waals surface area (Å²) in [4.78, 5) is 35.4. The van der Waals surface area contributed by atoms with Gasteiger partial charge in [0.05, 0.1) is 4.92 Å². The summed E-state index contributed by atoms with van der Waals surface area (Å²) in [5.41, 5.74) is -0.219. The van der Waals surface area contributed by atoms with E-state index in [0.29, 0.717) is 0 Å². The van der Waals surface area contributed by atoms with Crippen LogP contribution in [-0.4, -0.2) is 34.5 Å². The highest BCUT2D eigenvalue weighted by Crippen LogP contribution is 2.30. The smallest absolute Gasteiger partial charge is 0.327 e. The zero-order chi connectivity index (χ0) is 15.8. The first-order chi connectivity index (χ1) is 9.70. The number of ether oxygens (including phenoxy) is 1. The molecule has 1 unspecified atom stereocenters. The molecule has 0 spiro atoms. The van der Waals surface area contributed by atoms with Crippen molar-refractivity contribution in [1.82, 2.24) is 4.90 Å². The van der Waals surface area contributed by atoms with Crippen LogP contribution in [0.25, 0.3) is 0 Å². The van der Waals surface area contributed by atoms with Crippen LogP contribution >= 0.6 is 0 Å². The summed E-state index contributed by atoms with van der Waals surface area (Å²) < 4.78 is 5.20. The van der Waals surface area contributed by atoms with Crippen LogP contribution in [0.4, 0.5) is 5.69 Å². The molecule has 1 aliphatic rings. The Morgan fingerprint density at radius 3 is 2.38 bits per heavy atom. The molecule has 1 amide bonds. The Balaban J connectivity index is 2.26. The third-order valence-corrected chi connectivity index (χ3v) is 3.15. The van der Waals surface area contributed by atoms with Crippen LogP contribution < -0.4 is 0 Å². The summed E-state index contributed by atoms with van der Waals surface area (Å²) in [6.45, 7) is 5.49. The molecule has 0 radical (unpaired) electrons. The van der Waals surface area contributed by atoms with E-state index in [4.69, 9.17) is 4.74 Å². The van der Waals surface area contributed by atoms with Crippen LogP contribution in [-0.2, 0) is 9.53 Å². The molecule has 112 valence electrons. The number of carbonyl (C=O) groups excluding carboxylic acids is 2. The highest BCUT2D eigenvalue weighted by atomic mass is 16.6. The Morgan fingerprint density at radius 1 is 1.33 bits per heavy atom. The Hall–Kier alpha value is -2.44. The van der Waals surface area contributed by atoms with Crippen molar-refractivity contribution in [2.24, 2.45) is 5.41 Å². The van der Waals surface area contributed by atoms with Crippen LogP contribution in [0.5, 0.6) is 0 Å². The lowest BCUT2D eigenvalue weighted by atomic mass is 9.93. The van der Waals surface area contributed by atoms with Gasteiger partial charge in [-0.3, -0.25) is 24.6 Å². The number of cyclic esters (lactones) is 1. The van der Waals surface area contributed by atoms with Crippen LogP contribution in [0, 0.1) is 15.5 Å². The molecule has 1 aromatic rings. The molecular formula is C14H16N2O5. The van der Waals surface area contributed by atoms with Gasteiger partial charge in [-0.25, -0.2) is 0 Å². The first-order valence-electron chi connectivity index (χ1n) is 6.45. The number of nitro benzene ring substituents is 1. The van der Waals surface area contributed by atoms with E-state index in [1.807, 2.05) is 20.8 Å². The predicted molar refractivity (Wildman–Crippen MR) is 73.5 cm³/mol. The topological polar surface area (TPSA) is 89.8 Å². The number of hydrogen-bond acceptors (Lipinski definition) is 5. The van der Waals surface area contributed by atoms with Crippen molar-refractivity contribution in [3.63, 3.8) is 0 Å². The highest BCUT2D eigenvalue weighted by Gasteiger charge is 2.43. The molecule has 1 atom stereocenters. The fourth-order valence-electron chi connectivity index (χ4n) is 2.16. The molecule has 0 saturated carbocycles. The Labute approximate surface area is 121 Å². The van der Waals surface area contributed by atoms with E-state index in [1.165, 1.54) is 29.2 Å². The van der Waals surface area contributed by atoms with Crippen molar-refractivity contribution in [3.05, 3.63) is 39.9 Å².